The number of fused-ring (bicyclic) bond motifs is 1. The SMILES string of the molecule is CC(C)(C)[Si](C)(C)OCC1COc2cc(Br)cnc2O1. The molecule has 0 N–H and O–H groups in total. The summed E-state index contributed by atoms with van der Waals surface area (Å²) >= 11 is 3.37. The minimum absolute atomic E-state index is 0.0923. The summed E-state index contributed by atoms with van der Waals surface area (Å²) in [6.45, 7) is 12.2. The van der Waals surface area contributed by atoms with Crippen molar-refractivity contribution in [3.8, 4) is 11.6 Å². The Morgan fingerprint density at radius 1 is 1.45 bits per heavy atom. The lowest BCUT2D eigenvalue weighted by Crippen LogP contribution is -2.45. The van der Waals surface area contributed by atoms with E-state index >= 15 is 0 Å². The maximum absolute atomic E-state index is 6.17. The molecule has 0 aromatic carbocycles. The number of pyridine rings is 1. The van der Waals surface area contributed by atoms with E-state index in [4.69, 9.17) is 13.9 Å². The van der Waals surface area contributed by atoms with Gasteiger partial charge >= 0.3 is 0 Å². The summed E-state index contributed by atoms with van der Waals surface area (Å²) in [5.74, 6) is 1.23. The first-order chi connectivity index (χ1) is 9.19. The third-order valence-corrected chi connectivity index (χ3v) is 8.86. The first-order valence-electron chi connectivity index (χ1n) is 6.78. The van der Waals surface area contributed by atoms with Gasteiger partial charge in [0.2, 0.25) is 0 Å². The Kier molecular flexibility index (Phi) is 4.46. The molecule has 2 heterocycles. The van der Waals surface area contributed by atoms with Crippen LogP contribution in [0.15, 0.2) is 16.7 Å². The molecule has 2 rings (SSSR count). The lowest BCUT2D eigenvalue weighted by atomic mass is 10.2. The lowest BCUT2D eigenvalue weighted by molar-refractivity contribution is 0.0445. The van der Waals surface area contributed by atoms with Gasteiger partial charge in [-0.1, -0.05) is 20.8 Å². The molecule has 0 bridgehead atoms. The van der Waals surface area contributed by atoms with Crippen LogP contribution in [0.4, 0.5) is 0 Å². The molecule has 20 heavy (non-hydrogen) atoms. The molecule has 1 aliphatic heterocycles. The van der Waals surface area contributed by atoms with Crippen LogP contribution >= 0.6 is 15.9 Å². The molecule has 112 valence electrons. The van der Waals surface area contributed by atoms with Crippen molar-refractivity contribution in [1.82, 2.24) is 4.98 Å². The molecule has 0 radical (unpaired) electrons. The van der Waals surface area contributed by atoms with Gasteiger partial charge in [-0.25, -0.2) is 4.98 Å². The van der Waals surface area contributed by atoms with E-state index in [2.05, 4.69) is 54.8 Å². The van der Waals surface area contributed by atoms with Crippen molar-refractivity contribution < 1.29 is 13.9 Å². The van der Waals surface area contributed by atoms with Crippen molar-refractivity contribution in [2.45, 2.75) is 45.0 Å². The number of halogens is 1. The van der Waals surface area contributed by atoms with Crippen LogP contribution in [-0.4, -0.2) is 32.6 Å². The number of hydrogen-bond acceptors (Lipinski definition) is 4. The van der Waals surface area contributed by atoms with E-state index in [9.17, 15) is 0 Å². The summed E-state index contributed by atoms with van der Waals surface area (Å²) in [5.41, 5.74) is 0. The smallest absolute Gasteiger partial charge is 0.257 e. The maximum atomic E-state index is 6.17. The molecule has 0 amide bonds. The minimum Gasteiger partial charge on any atom is -0.484 e. The standard InChI is InChI=1S/C14H22BrNO3Si/c1-14(2,3)20(4,5)18-9-11-8-17-12-6-10(15)7-16-13(12)19-11/h6-7,11H,8-9H2,1-5H3. The van der Waals surface area contributed by atoms with Crippen molar-refractivity contribution in [2.75, 3.05) is 13.2 Å². The summed E-state index contributed by atoms with van der Waals surface area (Å²) in [6.07, 6.45) is 1.62. The molecule has 0 aliphatic carbocycles. The highest BCUT2D eigenvalue weighted by atomic mass is 79.9. The maximum Gasteiger partial charge on any atom is 0.257 e. The Hall–Kier alpha value is -0.593. The first-order valence-corrected chi connectivity index (χ1v) is 10.5. The van der Waals surface area contributed by atoms with Gasteiger partial charge in [-0.05, 0) is 34.1 Å². The largest absolute Gasteiger partial charge is 0.484 e. The zero-order valence-electron chi connectivity index (χ0n) is 12.7. The van der Waals surface area contributed by atoms with Crippen molar-refractivity contribution >= 4 is 24.2 Å². The Morgan fingerprint density at radius 3 is 2.80 bits per heavy atom. The topological polar surface area (TPSA) is 40.6 Å². The predicted octanol–water partition coefficient (Wildman–Crippen LogP) is 4.01. The van der Waals surface area contributed by atoms with Crippen LogP contribution in [0, 0.1) is 0 Å². The van der Waals surface area contributed by atoms with E-state index in [1.807, 2.05) is 6.07 Å². The number of aromatic nitrogens is 1. The van der Waals surface area contributed by atoms with Gasteiger partial charge < -0.3 is 13.9 Å². The van der Waals surface area contributed by atoms with Crippen LogP contribution in [-0.2, 0) is 4.43 Å². The monoisotopic (exact) mass is 359 g/mol. The van der Waals surface area contributed by atoms with E-state index in [0.717, 1.165) is 4.47 Å². The second-order valence-corrected chi connectivity index (χ2v) is 12.3. The predicted molar refractivity (Wildman–Crippen MR) is 85.0 cm³/mol. The fraction of sp³-hybridized carbons (Fsp3) is 0.643. The molecule has 0 fully saturated rings. The number of ether oxygens (including phenoxy) is 2. The molecule has 1 aromatic heterocycles. The average molecular weight is 360 g/mol. The Balaban J connectivity index is 1.96. The normalized spacial score (nSPS) is 19.0. The van der Waals surface area contributed by atoms with Crippen LogP contribution in [0.25, 0.3) is 0 Å². The van der Waals surface area contributed by atoms with E-state index in [1.54, 1.807) is 6.20 Å². The Morgan fingerprint density at radius 2 is 2.15 bits per heavy atom. The highest BCUT2D eigenvalue weighted by molar-refractivity contribution is 9.10. The van der Waals surface area contributed by atoms with Gasteiger partial charge in [-0.15, -0.1) is 0 Å². The molecule has 4 nitrogen and oxygen atoms in total. The van der Waals surface area contributed by atoms with Gasteiger partial charge in [0, 0.05) is 16.7 Å². The van der Waals surface area contributed by atoms with E-state index < -0.39 is 8.32 Å². The summed E-state index contributed by atoms with van der Waals surface area (Å²) in [5, 5.41) is 0.198. The lowest BCUT2D eigenvalue weighted by Gasteiger charge is -2.37. The van der Waals surface area contributed by atoms with E-state index in [0.29, 0.717) is 24.8 Å². The fourth-order valence-corrected chi connectivity index (χ4v) is 2.92. The highest BCUT2D eigenvalue weighted by Gasteiger charge is 2.38. The molecule has 1 unspecified atom stereocenters. The van der Waals surface area contributed by atoms with Crippen LogP contribution in [0.1, 0.15) is 20.8 Å². The molecule has 1 aromatic rings. The Bertz CT molecular complexity index is 488. The minimum atomic E-state index is -1.75. The second-order valence-electron chi connectivity index (χ2n) is 6.58. The quantitative estimate of drug-likeness (QED) is 0.764. The average Bonchev–Trinajstić information content (AvgIpc) is 2.35. The number of rotatable bonds is 3. The third kappa shape index (κ3) is 3.54. The van der Waals surface area contributed by atoms with Gasteiger partial charge in [-0.3, -0.25) is 0 Å². The molecule has 6 heteroatoms. The third-order valence-electron chi connectivity index (χ3n) is 3.92. The van der Waals surface area contributed by atoms with Gasteiger partial charge in [0.1, 0.15) is 6.61 Å². The van der Waals surface area contributed by atoms with Crippen LogP contribution < -0.4 is 9.47 Å². The van der Waals surface area contributed by atoms with Crippen molar-refractivity contribution in [3.05, 3.63) is 16.7 Å². The molecule has 0 saturated carbocycles. The van der Waals surface area contributed by atoms with Gasteiger partial charge in [0.15, 0.2) is 20.2 Å². The molecular formula is C14H22BrNO3Si. The summed E-state index contributed by atoms with van der Waals surface area (Å²) in [7, 11) is -1.75. The zero-order chi connectivity index (χ0) is 15.0. The van der Waals surface area contributed by atoms with Crippen LogP contribution in [0.2, 0.25) is 18.1 Å². The number of hydrogen-bond donors (Lipinski definition) is 0. The van der Waals surface area contributed by atoms with Crippen molar-refractivity contribution in [2.24, 2.45) is 0 Å². The van der Waals surface area contributed by atoms with Crippen molar-refractivity contribution in [1.29, 1.82) is 0 Å². The van der Waals surface area contributed by atoms with E-state index in [1.165, 1.54) is 0 Å². The molecule has 1 aliphatic rings. The second kappa shape index (κ2) is 5.65. The molecule has 0 saturated heterocycles. The molecule has 1 atom stereocenters. The molecule has 0 spiro atoms. The first kappa shape index (κ1) is 15.8. The molecular weight excluding hydrogens is 338 g/mol. The van der Waals surface area contributed by atoms with Crippen LogP contribution in [0.5, 0.6) is 11.6 Å². The summed E-state index contributed by atoms with van der Waals surface area (Å²) in [6, 6.07) is 1.87. The van der Waals surface area contributed by atoms with Crippen molar-refractivity contribution in [3.63, 3.8) is 0 Å². The number of nitrogens with zero attached hydrogens (tertiary/aromatic N) is 1. The van der Waals surface area contributed by atoms with Gasteiger partial charge in [0.25, 0.3) is 5.88 Å². The fourth-order valence-electron chi connectivity index (χ4n) is 1.57. The zero-order valence-corrected chi connectivity index (χ0v) is 15.3. The highest BCUT2D eigenvalue weighted by Crippen LogP contribution is 2.37. The summed E-state index contributed by atoms with van der Waals surface area (Å²) in [4.78, 5) is 4.22. The van der Waals surface area contributed by atoms with Gasteiger partial charge in [0.05, 0.1) is 6.61 Å². The van der Waals surface area contributed by atoms with E-state index in [-0.39, 0.29) is 11.1 Å². The van der Waals surface area contributed by atoms with Crippen LogP contribution in [0.3, 0.4) is 0 Å². The summed E-state index contributed by atoms with van der Waals surface area (Å²) < 4.78 is 18.6. The Labute approximate surface area is 130 Å². The van der Waals surface area contributed by atoms with Gasteiger partial charge in [-0.2, -0.15) is 0 Å².